The summed E-state index contributed by atoms with van der Waals surface area (Å²) >= 11 is 7.66. The fourth-order valence-electron chi connectivity index (χ4n) is 4.95. The molecule has 192 valence electrons. The summed E-state index contributed by atoms with van der Waals surface area (Å²) in [7, 11) is 1.74. The van der Waals surface area contributed by atoms with E-state index in [9.17, 15) is 14.0 Å². The molecule has 38 heavy (non-hydrogen) atoms. The molecule has 4 heterocycles. The lowest BCUT2D eigenvalue weighted by Crippen LogP contribution is -2.42. The number of amides is 2. The number of hydrogen-bond acceptors (Lipinski definition) is 5. The van der Waals surface area contributed by atoms with Gasteiger partial charge in [-0.15, -0.1) is 11.3 Å². The Bertz CT molecular complexity index is 1680. The molecule has 0 radical (unpaired) electrons. The molecule has 1 saturated heterocycles. The van der Waals surface area contributed by atoms with Crippen molar-refractivity contribution in [3.05, 3.63) is 93.8 Å². The second-order valence-electron chi connectivity index (χ2n) is 9.23. The number of rotatable bonds is 5. The average Bonchev–Trinajstić information content (AvgIpc) is 3.68. The Morgan fingerprint density at radius 3 is 2.53 bits per heavy atom. The van der Waals surface area contributed by atoms with E-state index in [0.717, 1.165) is 21.5 Å². The zero-order valence-electron chi connectivity index (χ0n) is 20.4. The summed E-state index contributed by atoms with van der Waals surface area (Å²) in [5.74, 6) is -1.28. The third kappa shape index (κ3) is 4.15. The molecule has 1 N–H and O–H groups in total. The number of thiophene rings is 1. The molecule has 3 atom stereocenters. The maximum absolute atomic E-state index is 13.7. The van der Waals surface area contributed by atoms with E-state index in [1.54, 1.807) is 58.0 Å². The third-order valence-electron chi connectivity index (χ3n) is 6.81. The standard InChI is InChI=1S/C27H22ClFN6O2S/c1-15-24(31-26(36)20-11-12-33(2)32-20)25(22-9-10-23(28)38-22)34(27(15)37)19-7-8-21-16(13-19)14-30-35(21)18-5-3-17(29)4-6-18/h3-15,24-25H,1-2H3,(H,31,36)/t15?,24-,25?/m0/s1. The van der Waals surface area contributed by atoms with Crippen LogP contribution in [0.4, 0.5) is 10.1 Å². The van der Waals surface area contributed by atoms with Crippen molar-refractivity contribution >= 4 is 51.3 Å². The summed E-state index contributed by atoms with van der Waals surface area (Å²) in [5, 5.41) is 12.5. The Hall–Kier alpha value is -4.02. The highest BCUT2D eigenvalue weighted by Gasteiger charge is 2.48. The number of carbonyl (C=O) groups is 2. The lowest BCUT2D eigenvalue weighted by atomic mass is 9.98. The van der Waals surface area contributed by atoms with Crippen LogP contribution in [0.1, 0.15) is 28.3 Å². The Balaban J connectivity index is 1.39. The van der Waals surface area contributed by atoms with Crippen LogP contribution in [0.5, 0.6) is 0 Å². The number of nitrogens with one attached hydrogen (secondary N) is 1. The zero-order chi connectivity index (χ0) is 26.6. The van der Waals surface area contributed by atoms with Crippen LogP contribution in [-0.2, 0) is 11.8 Å². The van der Waals surface area contributed by atoms with Gasteiger partial charge in [0.15, 0.2) is 0 Å². The Labute approximate surface area is 226 Å². The Kier molecular flexibility index (Phi) is 6.00. The topological polar surface area (TPSA) is 85.0 Å². The number of fused-ring (bicyclic) bond motifs is 1. The largest absolute Gasteiger partial charge is 0.345 e. The first-order valence-electron chi connectivity index (χ1n) is 11.9. The number of benzene rings is 2. The van der Waals surface area contributed by atoms with Crippen molar-refractivity contribution < 1.29 is 14.0 Å². The summed E-state index contributed by atoms with van der Waals surface area (Å²) in [5.41, 5.74) is 2.50. The quantitative estimate of drug-likeness (QED) is 0.330. The molecule has 6 rings (SSSR count). The lowest BCUT2D eigenvalue weighted by Gasteiger charge is -2.28. The van der Waals surface area contributed by atoms with Crippen LogP contribution in [0.2, 0.25) is 4.34 Å². The molecule has 1 fully saturated rings. The second kappa shape index (κ2) is 9.38. The zero-order valence-corrected chi connectivity index (χ0v) is 21.9. The molecule has 0 bridgehead atoms. The number of aryl methyl sites for hydroxylation is 1. The van der Waals surface area contributed by atoms with Crippen LogP contribution in [0, 0.1) is 11.7 Å². The van der Waals surface area contributed by atoms with E-state index in [-0.39, 0.29) is 23.3 Å². The van der Waals surface area contributed by atoms with Gasteiger partial charge in [-0.3, -0.25) is 14.3 Å². The van der Waals surface area contributed by atoms with Crippen molar-refractivity contribution in [2.45, 2.75) is 19.0 Å². The van der Waals surface area contributed by atoms with E-state index in [0.29, 0.717) is 10.0 Å². The number of nitrogens with zero attached hydrogens (tertiary/aromatic N) is 5. The van der Waals surface area contributed by atoms with Crippen LogP contribution in [0.15, 0.2) is 73.1 Å². The molecule has 0 spiro atoms. The van der Waals surface area contributed by atoms with Gasteiger partial charge in [-0.2, -0.15) is 10.2 Å². The van der Waals surface area contributed by atoms with Gasteiger partial charge in [0.25, 0.3) is 5.91 Å². The molecule has 8 nitrogen and oxygen atoms in total. The monoisotopic (exact) mass is 548 g/mol. The van der Waals surface area contributed by atoms with Crippen LogP contribution < -0.4 is 10.2 Å². The SMILES string of the molecule is CC1C(=O)N(c2ccc3c(cnn3-c3ccc(F)cc3)c2)C(c2ccc(Cl)s2)[C@H]1NC(=O)c1ccn(C)n1. The highest BCUT2D eigenvalue weighted by atomic mass is 35.5. The fourth-order valence-corrected chi connectivity index (χ4v) is 6.15. The first kappa shape index (κ1) is 24.3. The summed E-state index contributed by atoms with van der Waals surface area (Å²) in [6, 6.07) is 16.1. The van der Waals surface area contributed by atoms with Gasteiger partial charge in [-0.1, -0.05) is 18.5 Å². The van der Waals surface area contributed by atoms with Gasteiger partial charge in [-0.25, -0.2) is 9.07 Å². The number of anilines is 1. The van der Waals surface area contributed by atoms with Crippen LogP contribution in [0.25, 0.3) is 16.6 Å². The molecule has 1 aliphatic heterocycles. The molecule has 2 unspecified atom stereocenters. The van der Waals surface area contributed by atoms with Crippen LogP contribution in [-0.4, -0.2) is 37.4 Å². The fraction of sp³-hybridized carbons (Fsp3) is 0.185. The van der Waals surface area contributed by atoms with Crippen LogP contribution >= 0.6 is 22.9 Å². The normalized spacial score (nSPS) is 19.4. The van der Waals surface area contributed by atoms with Gasteiger partial charge in [-0.05, 0) is 60.7 Å². The first-order valence-corrected chi connectivity index (χ1v) is 13.1. The van der Waals surface area contributed by atoms with Crippen molar-refractivity contribution in [2.24, 2.45) is 13.0 Å². The molecule has 3 aromatic heterocycles. The molecule has 0 saturated carbocycles. The number of carbonyl (C=O) groups excluding carboxylic acids is 2. The van der Waals surface area contributed by atoms with Crippen molar-refractivity contribution in [1.29, 1.82) is 0 Å². The molecule has 11 heteroatoms. The van der Waals surface area contributed by atoms with E-state index in [1.807, 2.05) is 31.2 Å². The van der Waals surface area contributed by atoms with E-state index < -0.39 is 18.0 Å². The highest BCUT2D eigenvalue weighted by molar-refractivity contribution is 7.16. The molecule has 2 aromatic carbocycles. The first-order chi connectivity index (χ1) is 18.3. The summed E-state index contributed by atoms with van der Waals surface area (Å²) in [6.45, 7) is 1.82. The molecule has 5 aromatic rings. The maximum Gasteiger partial charge on any atom is 0.272 e. The second-order valence-corrected chi connectivity index (χ2v) is 11.0. The summed E-state index contributed by atoms with van der Waals surface area (Å²) in [4.78, 5) is 29.3. The van der Waals surface area contributed by atoms with Gasteiger partial charge in [0.2, 0.25) is 5.91 Å². The molecular weight excluding hydrogens is 527 g/mol. The smallest absolute Gasteiger partial charge is 0.272 e. The maximum atomic E-state index is 13.7. The van der Waals surface area contributed by atoms with E-state index >= 15 is 0 Å². The minimum absolute atomic E-state index is 0.115. The van der Waals surface area contributed by atoms with Crippen molar-refractivity contribution in [3.63, 3.8) is 0 Å². The van der Waals surface area contributed by atoms with Crippen molar-refractivity contribution in [3.8, 4) is 5.69 Å². The van der Waals surface area contributed by atoms with Gasteiger partial charge < -0.3 is 10.2 Å². The van der Waals surface area contributed by atoms with E-state index in [4.69, 9.17) is 11.6 Å². The molecule has 1 aliphatic rings. The average molecular weight is 549 g/mol. The predicted octanol–water partition coefficient (Wildman–Crippen LogP) is 5.14. The number of halogens is 2. The third-order valence-corrected chi connectivity index (χ3v) is 8.12. The predicted molar refractivity (Wildman–Crippen MR) is 144 cm³/mol. The molecule has 0 aliphatic carbocycles. The highest BCUT2D eigenvalue weighted by Crippen LogP contribution is 2.44. The lowest BCUT2D eigenvalue weighted by molar-refractivity contribution is -0.120. The number of hydrogen-bond donors (Lipinski definition) is 1. The van der Waals surface area contributed by atoms with Crippen molar-refractivity contribution in [2.75, 3.05) is 4.90 Å². The summed E-state index contributed by atoms with van der Waals surface area (Å²) < 4.78 is 17.3. The van der Waals surface area contributed by atoms with Gasteiger partial charge in [0.1, 0.15) is 11.5 Å². The number of aromatic nitrogens is 4. The Morgan fingerprint density at radius 1 is 1.08 bits per heavy atom. The Morgan fingerprint density at radius 2 is 1.84 bits per heavy atom. The van der Waals surface area contributed by atoms with Gasteiger partial charge in [0, 0.05) is 29.2 Å². The van der Waals surface area contributed by atoms with Gasteiger partial charge in [0.05, 0.1) is 39.7 Å². The van der Waals surface area contributed by atoms with Crippen LogP contribution in [0.3, 0.4) is 0 Å². The van der Waals surface area contributed by atoms with E-state index in [1.165, 1.54) is 23.5 Å². The van der Waals surface area contributed by atoms with E-state index in [2.05, 4.69) is 15.5 Å². The summed E-state index contributed by atoms with van der Waals surface area (Å²) in [6.07, 6.45) is 3.41. The van der Waals surface area contributed by atoms with Gasteiger partial charge >= 0.3 is 0 Å². The molecule has 2 amide bonds. The van der Waals surface area contributed by atoms with Crippen molar-refractivity contribution in [1.82, 2.24) is 24.9 Å². The molecular formula is C27H22ClFN6O2S. The minimum atomic E-state index is -0.510. The minimum Gasteiger partial charge on any atom is -0.345 e.